The number of carbonyl (C=O) groups is 2. The van der Waals surface area contributed by atoms with Crippen molar-refractivity contribution >= 4 is 17.7 Å². The third kappa shape index (κ3) is 3.21. The summed E-state index contributed by atoms with van der Waals surface area (Å²) in [4.78, 5) is 27.7. The van der Waals surface area contributed by atoms with Gasteiger partial charge in [0.2, 0.25) is 5.91 Å². The average Bonchev–Trinajstić information content (AvgIpc) is 3.35. The van der Waals surface area contributed by atoms with Gasteiger partial charge in [-0.15, -0.1) is 0 Å². The summed E-state index contributed by atoms with van der Waals surface area (Å²) in [6, 6.07) is 9.42. The molecular weight excluding hydrogens is 299 g/mol. The van der Waals surface area contributed by atoms with Gasteiger partial charge in [0.1, 0.15) is 11.6 Å². The Kier molecular flexibility index (Phi) is 4.06. The van der Waals surface area contributed by atoms with Crippen LogP contribution in [0.15, 0.2) is 42.6 Å². The number of anilines is 1. The lowest BCUT2D eigenvalue weighted by Gasteiger charge is -2.06. The number of pyridine rings is 1. The molecule has 2 unspecified atom stereocenters. The minimum absolute atomic E-state index is 0.111. The van der Waals surface area contributed by atoms with E-state index in [9.17, 15) is 14.0 Å². The number of benzene rings is 1. The zero-order valence-corrected chi connectivity index (χ0v) is 12.5. The van der Waals surface area contributed by atoms with Crippen LogP contribution in [0.4, 0.5) is 10.2 Å². The van der Waals surface area contributed by atoms with Gasteiger partial charge in [-0.1, -0.05) is 18.2 Å². The molecule has 1 aliphatic carbocycles. The van der Waals surface area contributed by atoms with Crippen LogP contribution in [0, 0.1) is 11.7 Å². The van der Waals surface area contributed by atoms with Crippen molar-refractivity contribution in [1.29, 1.82) is 0 Å². The van der Waals surface area contributed by atoms with Crippen molar-refractivity contribution < 1.29 is 18.7 Å². The summed E-state index contributed by atoms with van der Waals surface area (Å²) in [5, 5.41) is 2.66. The van der Waals surface area contributed by atoms with E-state index in [0.717, 1.165) is 0 Å². The van der Waals surface area contributed by atoms with E-state index in [4.69, 9.17) is 0 Å². The number of ether oxygens (including phenoxy) is 1. The number of halogens is 1. The van der Waals surface area contributed by atoms with Gasteiger partial charge in [0.05, 0.1) is 12.7 Å². The van der Waals surface area contributed by atoms with Crippen LogP contribution < -0.4 is 5.32 Å². The molecule has 2 atom stereocenters. The molecule has 5 nitrogen and oxygen atoms in total. The predicted molar refractivity (Wildman–Crippen MR) is 81.5 cm³/mol. The molecule has 0 spiro atoms. The summed E-state index contributed by atoms with van der Waals surface area (Å²) < 4.78 is 18.4. The minimum atomic E-state index is -0.501. The molecule has 2 aromatic rings. The Balaban J connectivity index is 1.67. The molecule has 1 fully saturated rings. The molecule has 1 heterocycles. The number of methoxy groups -OCH3 is 1. The zero-order chi connectivity index (χ0) is 16.4. The number of esters is 1. The maximum absolute atomic E-state index is 13.7. The Labute approximate surface area is 132 Å². The molecule has 0 radical (unpaired) electrons. The van der Waals surface area contributed by atoms with Crippen LogP contribution in [0.25, 0.3) is 0 Å². The molecule has 1 aromatic carbocycles. The Hall–Kier alpha value is -2.76. The van der Waals surface area contributed by atoms with Gasteiger partial charge in [0, 0.05) is 12.1 Å². The van der Waals surface area contributed by atoms with E-state index in [1.807, 2.05) is 0 Å². The van der Waals surface area contributed by atoms with E-state index in [0.29, 0.717) is 17.5 Å². The number of hydrogen-bond acceptors (Lipinski definition) is 4. The molecule has 1 N–H and O–H groups in total. The van der Waals surface area contributed by atoms with Crippen LogP contribution in [0.5, 0.6) is 0 Å². The number of carbonyl (C=O) groups excluding carboxylic acids is 2. The third-order valence-corrected chi connectivity index (χ3v) is 3.86. The Morgan fingerprint density at radius 1 is 1.30 bits per heavy atom. The smallest absolute Gasteiger partial charge is 0.338 e. The maximum Gasteiger partial charge on any atom is 0.338 e. The van der Waals surface area contributed by atoms with E-state index in [1.165, 1.54) is 31.5 Å². The number of rotatable bonds is 4. The van der Waals surface area contributed by atoms with Gasteiger partial charge < -0.3 is 10.1 Å². The first kappa shape index (κ1) is 15.1. The first-order chi connectivity index (χ1) is 11.1. The van der Waals surface area contributed by atoms with Crippen LogP contribution in [0.2, 0.25) is 0 Å². The largest absolute Gasteiger partial charge is 0.465 e. The highest BCUT2D eigenvalue weighted by Crippen LogP contribution is 2.48. The van der Waals surface area contributed by atoms with E-state index in [2.05, 4.69) is 15.0 Å². The lowest BCUT2D eigenvalue weighted by atomic mass is 10.1. The van der Waals surface area contributed by atoms with Crippen molar-refractivity contribution in [2.45, 2.75) is 12.3 Å². The molecule has 118 valence electrons. The van der Waals surface area contributed by atoms with Crippen molar-refractivity contribution in [3.8, 4) is 0 Å². The van der Waals surface area contributed by atoms with Crippen molar-refractivity contribution in [3.05, 3.63) is 59.5 Å². The normalized spacial score (nSPS) is 19.0. The first-order valence-corrected chi connectivity index (χ1v) is 7.20. The first-order valence-electron chi connectivity index (χ1n) is 7.20. The van der Waals surface area contributed by atoms with Gasteiger partial charge in [0.25, 0.3) is 0 Å². The van der Waals surface area contributed by atoms with Crippen LogP contribution >= 0.6 is 0 Å². The number of hydrogen-bond donors (Lipinski definition) is 1. The van der Waals surface area contributed by atoms with Gasteiger partial charge in [-0.05, 0) is 36.1 Å². The molecule has 1 aliphatic rings. The fraction of sp³-hybridized carbons (Fsp3) is 0.235. The maximum atomic E-state index is 13.7. The van der Waals surface area contributed by atoms with Crippen LogP contribution in [-0.2, 0) is 9.53 Å². The van der Waals surface area contributed by atoms with Gasteiger partial charge in [0.15, 0.2) is 0 Å². The molecule has 23 heavy (non-hydrogen) atoms. The predicted octanol–water partition coefficient (Wildman–Crippen LogP) is 2.75. The fourth-order valence-electron chi connectivity index (χ4n) is 2.57. The van der Waals surface area contributed by atoms with Crippen molar-refractivity contribution in [3.63, 3.8) is 0 Å². The molecule has 0 bridgehead atoms. The summed E-state index contributed by atoms with van der Waals surface area (Å²) in [6.45, 7) is 0. The van der Waals surface area contributed by atoms with Gasteiger partial charge in [-0.25, -0.2) is 14.2 Å². The minimum Gasteiger partial charge on any atom is -0.465 e. The molecule has 1 amide bonds. The van der Waals surface area contributed by atoms with Crippen molar-refractivity contribution in [2.24, 2.45) is 5.92 Å². The topological polar surface area (TPSA) is 68.3 Å². The Morgan fingerprint density at radius 3 is 2.83 bits per heavy atom. The highest BCUT2D eigenvalue weighted by Gasteiger charge is 2.45. The average molecular weight is 314 g/mol. The molecule has 3 rings (SSSR count). The highest BCUT2D eigenvalue weighted by atomic mass is 19.1. The molecule has 6 heteroatoms. The number of nitrogens with one attached hydrogen (secondary N) is 1. The zero-order valence-electron chi connectivity index (χ0n) is 12.5. The number of amides is 1. The van der Waals surface area contributed by atoms with E-state index in [-0.39, 0.29) is 29.4 Å². The lowest BCUT2D eigenvalue weighted by molar-refractivity contribution is -0.117. The Bertz CT molecular complexity index is 763. The van der Waals surface area contributed by atoms with Crippen LogP contribution in [0.3, 0.4) is 0 Å². The summed E-state index contributed by atoms with van der Waals surface area (Å²) >= 11 is 0. The number of aromatic nitrogens is 1. The van der Waals surface area contributed by atoms with E-state index in [1.54, 1.807) is 18.2 Å². The Morgan fingerprint density at radius 2 is 2.09 bits per heavy atom. The summed E-state index contributed by atoms with van der Waals surface area (Å²) in [7, 11) is 1.28. The quantitative estimate of drug-likeness (QED) is 0.881. The molecule has 0 saturated heterocycles. The second-order valence-corrected chi connectivity index (χ2v) is 5.38. The summed E-state index contributed by atoms with van der Waals surface area (Å²) in [5.41, 5.74) is 0.864. The third-order valence-electron chi connectivity index (χ3n) is 3.86. The van der Waals surface area contributed by atoms with Crippen molar-refractivity contribution in [2.75, 3.05) is 12.4 Å². The lowest BCUT2D eigenvalue weighted by Crippen LogP contribution is -2.16. The monoisotopic (exact) mass is 314 g/mol. The van der Waals surface area contributed by atoms with E-state index >= 15 is 0 Å². The van der Waals surface area contributed by atoms with Gasteiger partial charge >= 0.3 is 5.97 Å². The van der Waals surface area contributed by atoms with E-state index < -0.39 is 5.97 Å². The van der Waals surface area contributed by atoms with Crippen LogP contribution in [0.1, 0.15) is 28.3 Å². The van der Waals surface area contributed by atoms with Crippen LogP contribution in [-0.4, -0.2) is 24.0 Å². The summed E-state index contributed by atoms with van der Waals surface area (Å²) in [5.74, 6) is -1.14. The molecule has 0 aliphatic heterocycles. The van der Waals surface area contributed by atoms with Gasteiger partial charge in [-0.3, -0.25) is 4.79 Å². The molecule has 1 saturated carbocycles. The standard InChI is InChI=1S/C17H15FN2O3/c1-23-17(22)10-6-7-19-15(8-10)20-16(21)13-9-12(13)11-4-2-3-5-14(11)18/h2-8,12-13H,9H2,1H3,(H,19,20,21). The van der Waals surface area contributed by atoms with Crippen molar-refractivity contribution in [1.82, 2.24) is 4.98 Å². The number of nitrogens with zero attached hydrogens (tertiary/aromatic N) is 1. The van der Waals surface area contributed by atoms with Gasteiger partial charge in [-0.2, -0.15) is 0 Å². The second kappa shape index (κ2) is 6.16. The summed E-state index contributed by atoms with van der Waals surface area (Å²) in [6.07, 6.45) is 2.02. The molecular formula is C17H15FN2O3. The highest BCUT2D eigenvalue weighted by molar-refractivity contribution is 5.96. The fourth-order valence-corrected chi connectivity index (χ4v) is 2.57. The SMILES string of the molecule is COC(=O)c1ccnc(NC(=O)C2CC2c2ccccc2F)c1. The molecule has 1 aromatic heterocycles. The second-order valence-electron chi connectivity index (χ2n) is 5.38.